The highest BCUT2D eigenvalue weighted by Crippen LogP contribution is 2.27. The fourth-order valence-electron chi connectivity index (χ4n) is 1.74. The highest BCUT2D eigenvalue weighted by atomic mass is 35.5. The summed E-state index contributed by atoms with van der Waals surface area (Å²) in [7, 11) is 0. The lowest BCUT2D eigenvalue weighted by molar-refractivity contribution is -0.385. The summed E-state index contributed by atoms with van der Waals surface area (Å²) in [4.78, 5) is 25.9. The van der Waals surface area contributed by atoms with E-state index in [1.807, 2.05) is 0 Å². The van der Waals surface area contributed by atoms with E-state index >= 15 is 0 Å². The third kappa shape index (κ3) is 3.14. The first-order valence-electron chi connectivity index (χ1n) is 5.76. The second kappa shape index (κ2) is 5.84. The molecule has 21 heavy (non-hydrogen) atoms. The van der Waals surface area contributed by atoms with E-state index in [0.29, 0.717) is 11.3 Å². The first-order valence-corrected chi connectivity index (χ1v) is 6.14. The molecule has 1 heterocycles. The van der Waals surface area contributed by atoms with Gasteiger partial charge in [-0.2, -0.15) is 0 Å². The van der Waals surface area contributed by atoms with Crippen LogP contribution in [0.3, 0.4) is 0 Å². The van der Waals surface area contributed by atoms with Gasteiger partial charge in [-0.1, -0.05) is 11.6 Å². The van der Waals surface area contributed by atoms with Gasteiger partial charge in [-0.25, -0.2) is 9.37 Å². The Morgan fingerprint density at radius 3 is 2.76 bits per heavy atom. The van der Waals surface area contributed by atoms with Crippen LogP contribution in [0.4, 0.5) is 15.8 Å². The molecule has 0 fully saturated rings. The summed E-state index contributed by atoms with van der Waals surface area (Å²) in [5.74, 6) is -1.16. The van der Waals surface area contributed by atoms with Crippen molar-refractivity contribution in [1.82, 2.24) is 4.98 Å². The number of aryl methyl sites for hydroxylation is 1. The molecular weight excluding hydrogens is 301 g/mol. The molecule has 0 saturated heterocycles. The van der Waals surface area contributed by atoms with Crippen LogP contribution >= 0.6 is 11.6 Å². The van der Waals surface area contributed by atoms with Crippen molar-refractivity contribution >= 4 is 28.9 Å². The van der Waals surface area contributed by atoms with Crippen LogP contribution in [-0.2, 0) is 0 Å². The maximum atomic E-state index is 13.0. The van der Waals surface area contributed by atoms with Gasteiger partial charge < -0.3 is 5.32 Å². The van der Waals surface area contributed by atoms with Crippen molar-refractivity contribution in [2.75, 3.05) is 5.32 Å². The van der Waals surface area contributed by atoms with Gasteiger partial charge in [-0.3, -0.25) is 14.9 Å². The average molecular weight is 310 g/mol. The summed E-state index contributed by atoms with van der Waals surface area (Å²) < 4.78 is 13.0. The smallest absolute Gasteiger partial charge is 0.319 e. The number of nitro groups is 1. The van der Waals surface area contributed by atoms with Gasteiger partial charge in [-0.15, -0.1) is 0 Å². The fraction of sp³-hybridized carbons (Fsp3) is 0.0769. The van der Waals surface area contributed by atoms with Crippen LogP contribution in [-0.4, -0.2) is 15.8 Å². The number of anilines is 1. The third-order valence-corrected chi connectivity index (χ3v) is 3.02. The van der Waals surface area contributed by atoms with Crippen LogP contribution < -0.4 is 5.32 Å². The van der Waals surface area contributed by atoms with Gasteiger partial charge in [0.2, 0.25) is 5.15 Å². The molecular formula is C13H9ClFN3O3. The SMILES string of the molecule is Cc1cc(F)ccc1NC(=O)c1ccnc(Cl)c1[N+](=O)[O-]. The van der Waals surface area contributed by atoms with Gasteiger partial charge in [0.1, 0.15) is 11.4 Å². The van der Waals surface area contributed by atoms with Crippen molar-refractivity contribution in [1.29, 1.82) is 0 Å². The van der Waals surface area contributed by atoms with Crippen LogP contribution in [0.1, 0.15) is 15.9 Å². The van der Waals surface area contributed by atoms with E-state index in [-0.39, 0.29) is 10.7 Å². The maximum Gasteiger partial charge on any atom is 0.319 e. The van der Waals surface area contributed by atoms with Crippen molar-refractivity contribution < 1.29 is 14.1 Å². The van der Waals surface area contributed by atoms with Gasteiger partial charge in [0.25, 0.3) is 5.91 Å². The molecule has 0 unspecified atom stereocenters. The van der Waals surface area contributed by atoms with E-state index in [0.717, 1.165) is 0 Å². The second-order valence-electron chi connectivity index (χ2n) is 4.17. The van der Waals surface area contributed by atoms with Crippen molar-refractivity contribution in [3.05, 3.63) is 62.7 Å². The maximum absolute atomic E-state index is 13.0. The first kappa shape index (κ1) is 14.9. The number of amides is 1. The minimum atomic E-state index is -0.776. The summed E-state index contributed by atoms with van der Waals surface area (Å²) in [5, 5.41) is 13.1. The molecule has 2 aromatic rings. The van der Waals surface area contributed by atoms with E-state index in [9.17, 15) is 19.3 Å². The van der Waals surface area contributed by atoms with Crippen molar-refractivity contribution in [2.24, 2.45) is 0 Å². The molecule has 0 radical (unpaired) electrons. The number of halogens is 2. The third-order valence-electron chi connectivity index (χ3n) is 2.74. The van der Waals surface area contributed by atoms with Gasteiger partial charge in [0.15, 0.2) is 0 Å². The van der Waals surface area contributed by atoms with Crippen LogP contribution in [0.25, 0.3) is 0 Å². The molecule has 8 heteroatoms. The Bertz CT molecular complexity index is 737. The molecule has 1 amide bonds. The molecule has 6 nitrogen and oxygen atoms in total. The molecule has 0 saturated carbocycles. The minimum Gasteiger partial charge on any atom is -0.322 e. The Balaban J connectivity index is 2.37. The Kier molecular flexibility index (Phi) is 4.13. The highest BCUT2D eigenvalue weighted by molar-refractivity contribution is 6.32. The number of nitrogens with one attached hydrogen (secondary N) is 1. The number of carbonyl (C=O) groups is 1. The molecule has 1 aromatic heterocycles. The second-order valence-corrected chi connectivity index (χ2v) is 4.53. The van der Waals surface area contributed by atoms with E-state index in [2.05, 4.69) is 10.3 Å². The fourth-order valence-corrected chi connectivity index (χ4v) is 1.97. The Morgan fingerprint density at radius 2 is 2.14 bits per heavy atom. The Labute approximate surface area is 123 Å². The number of hydrogen-bond donors (Lipinski definition) is 1. The summed E-state index contributed by atoms with van der Waals surface area (Å²) in [6, 6.07) is 4.98. The lowest BCUT2D eigenvalue weighted by atomic mass is 10.1. The summed E-state index contributed by atoms with van der Waals surface area (Å²) >= 11 is 5.64. The largest absolute Gasteiger partial charge is 0.322 e. The summed E-state index contributed by atoms with van der Waals surface area (Å²) in [6.07, 6.45) is 1.20. The topological polar surface area (TPSA) is 85.1 Å². The number of nitrogens with zero attached hydrogens (tertiary/aromatic N) is 2. The van der Waals surface area contributed by atoms with Crippen molar-refractivity contribution in [3.8, 4) is 0 Å². The minimum absolute atomic E-state index is 0.219. The average Bonchev–Trinajstić information content (AvgIpc) is 2.41. The van der Waals surface area contributed by atoms with Crippen LogP contribution in [0.5, 0.6) is 0 Å². The summed E-state index contributed by atoms with van der Waals surface area (Å²) in [5.41, 5.74) is 0.0509. The van der Waals surface area contributed by atoms with Gasteiger partial charge in [-0.05, 0) is 36.8 Å². The lowest BCUT2D eigenvalue weighted by Gasteiger charge is -2.09. The van der Waals surface area contributed by atoms with E-state index in [1.54, 1.807) is 6.92 Å². The molecule has 1 aromatic carbocycles. The molecule has 108 valence electrons. The predicted molar refractivity (Wildman–Crippen MR) is 75.0 cm³/mol. The number of hydrogen-bond acceptors (Lipinski definition) is 4. The number of pyridine rings is 1. The van der Waals surface area contributed by atoms with Gasteiger partial charge >= 0.3 is 5.69 Å². The zero-order valence-corrected chi connectivity index (χ0v) is 11.5. The van der Waals surface area contributed by atoms with Crippen molar-refractivity contribution in [3.63, 3.8) is 0 Å². The standard InChI is InChI=1S/C13H9ClFN3O3/c1-7-6-8(15)2-3-10(7)17-13(19)9-4-5-16-12(14)11(9)18(20)21/h2-6H,1H3,(H,17,19). The number of carbonyl (C=O) groups excluding carboxylic acids is 1. The zero-order chi connectivity index (χ0) is 15.6. The van der Waals surface area contributed by atoms with Gasteiger partial charge in [0.05, 0.1) is 4.92 Å². The van der Waals surface area contributed by atoms with Crippen molar-refractivity contribution in [2.45, 2.75) is 6.92 Å². The number of aromatic nitrogens is 1. The molecule has 0 aliphatic heterocycles. The van der Waals surface area contributed by atoms with E-state index in [4.69, 9.17) is 11.6 Å². The highest BCUT2D eigenvalue weighted by Gasteiger charge is 2.25. The zero-order valence-electron chi connectivity index (χ0n) is 10.8. The van der Waals surface area contributed by atoms with Gasteiger partial charge in [0, 0.05) is 11.9 Å². The van der Waals surface area contributed by atoms with Crippen LogP contribution in [0.15, 0.2) is 30.5 Å². The van der Waals surface area contributed by atoms with E-state index < -0.39 is 22.3 Å². The lowest BCUT2D eigenvalue weighted by Crippen LogP contribution is -2.15. The normalized spacial score (nSPS) is 10.2. The first-order chi connectivity index (χ1) is 9.90. The predicted octanol–water partition coefficient (Wildman–Crippen LogP) is 3.34. The Morgan fingerprint density at radius 1 is 1.43 bits per heavy atom. The number of rotatable bonds is 3. The summed E-state index contributed by atoms with van der Waals surface area (Å²) in [6.45, 7) is 1.60. The molecule has 2 rings (SSSR count). The molecule has 0 bridgehead atoms. The molecule has 0 aliphatic rings. The quantitative estimate of drug-likeness (QED) is 0.535. The molecule has 1 N–H and O–H groups in total. The van der Waals surface area contributed by atoms with Crippen LogP contribution in [0.2, 0.25) is 5.15 Å². The number of benzene rings is 1. The molecule has 0 spiro atoms. The molecule has 0 atom stereocenters. The van der Waals surface area contributed by atoms with E-state index in [1.165, 1.54) is 30.5 Å². The van der Waals surface area contributed by atoms with Crippen LogP contribution in [0, 0.1) is 22.9 Å². The monoisotopic (exact) mass is 309 g/mol. The Hall–Kier alpha value is -2.54. The molecule has 0 aliphatic carbocycles.